The van der Waals surface area contributed by atoms with Crippen molar-refractivity contribution in [2.24, 2.45) is 0 Å². The van der Waals surface area contributed by atoms with E-state index < -0.39 is 0 Å². The number of ether oxygens (including phenoxy) is 2. The molecule has 0 spiro atoms. The third-order valence-corrected chi connectivity index (χ3v) is 5.79. The number of carbonyl (C=O) groups is 2. The fourth-order valence-corrected chi connectivity index (χ4v) is 3.87. The molecular formula is C26H34N2O4. The molecule has 2 amide bonds. The molecule has 32 heavy (non-hydrogen) atoms. The first-order valence-corrected chi connectivity index (χ1v) is 11.5. The molecule has 1 heterocycles. The van der Waals surface area contributed by atoms with Gasteiger partial charge >= 0.3 is 0 Å². The molecule has 1 aliphatic rings. The van der Waals surface area contributed by atoms with Crippen molar-refractivity contribution in [3.8, 4) is 11.5 Å². The van der Waals surface area contributed by atoms with E-state index in [-0.39, 0.29) is 18.4 Å². The Kier molecular flexibility index (Phi) is 8.96. The average molecular weight is 439 g/mol. The summed E-state index contributed by atoms with van der Waals surface area (Å²) in [6.07, 6.45) is 2.78. The van der Waals surface area contributed by atoms with Gasteiger partial charge in [-0.25, -0.2) is 0 Å². The number of amides is 2. The summed E-state index contributed by atoms with van der Waals surface area (Å²) >= 11 is 0. The van der Waals surface area contributed by atoms with Crippen molar-refractivity contribution >= 4 is 11.8 Å². The van der Waals surface area contributed by atoms with Crippen molar-refractivity contribution in [1.29, 1.82) is 0 Å². The highest BCUT2D eigenvalue weighted by molar-refractivity contribution is 5.78. The quantitative estimate of drug-likeness (QED) is 0.558. The van der Waals surface area contributed by atoms with Gasteiger partial charge in [0, 0.05) is 32.6 Å². The number of hydrogen-bond donors (Lipinski definition) is 0. The highest BCUT2D eigenvalue weighted by Crippen LogP contribution is 2.19. The van der Waals surface area contributed by atoms with Crippen LogP contribution >= 0.6 is 0 Å². The number of aryl methyl sites for hydroxylation is 2. The molecule has 0 bridgehead atoms. The summed E-state index contributed by atoms with van der Waals surface area (Å²) in [6.45, 7) is 7.07. The number of benzene rings is 2. The lowest BCUT2D eigenvalue weighted by Crippen LogP contribution is -2.39. The van der Waals surface area contributed by atoms with E-state index in [1.165, 1.54) is 0 Å². The standard InChI is InChI=1S/C26H34N2O4/c1-3-22-11-5-7-13-24(22)32-20-26(30)28-16-9-15-27(17-18-28)25(29)14-8-19-31-23-12-6-4-10-21(23)2/h4-7,10-13H,3,8-9,14-20H2,1-2H3. The molecule has 0 radical (unpaired) electrons. The Bertz CT molecular complexity index is 899. The van der Waals surface area contributed by atoms with Crippen LogP contribution in [0.2, 0.25) is 0 Å². The van der Waals surface area contributed by atoms with Gasteiger partial charge in [-0.3, -0.25) is 9.59 Å². The average Bonchev–Trinajstić information content (AvgIpc) is 3.08. The summed E-state index contributed by atoms with van der Waals surface area (Å²) in [4.78, 5) is 29.0. The van der Waals surface area contributed by atoms with Gasteiger partial charge in [0.05, 0.1) is 6.61 Å². The Morgan fingerprint density at radius 1 is 0.844 bits per heavy atom. The number of hydrogen-bond acceptors (Lipinski definition) is 4. The van der Waals surface area contributed by atoms with Crippen LogP contribution in [0.25, 0.3) is 0 Å². The molecule has 6 nitrogen and oxygen atoms in total. The summed E-state index contributed by atoms with van der Waals surface area (Å²) < 4.78 is 11.6. The van der Waals surface area contributed by atoms with E-state index in [1.54, 1.807) is 0 Å². The molecule has 3 rings (SSSR count). The molecule has 172 valence electrons. The van der Waals surface area contributed by atoms with Gasteiger partial charge in [0.2, 0.25) is 5.91 Å². The second kappa shape index (κ2) is 12.1. The Morgan fingerprint density at radius 2 is 1.50 bits per heavy atom. The van der Waals surface area contributed by atoms with Gasteiger partial charge in [0.25, 0.3) is 5.91 Å². The predicted octanol–water partition coefficient (Wildman–Crippen LogP) is 3.86. The molecule has 1 saturated heterocycles. The zero-order valence-corrected chi connectivity index (χ0v) is 19.2. The van der Waals surface area contributed by atoms with E-state index >= 15 is 0 Å². The van der Waals surface area contributed by atoms with Crippen LogP contribution in [-0.2, 0) is 16.0 Å². The van der Waals surface area contributed by atoms with Crippen molar-refractivity contribution in [1.82, 2.24) is 9.80 Å². The van der Waals surface area contributed by atoms with Gasteiger partial charge in [-0.2, -0.15) is 0 Å². The second-order valence-corrected chi connectivity index (χ2v) is 8.08. The van der Waals surface area contributed by atoms with E-state index in [2.05, 4.69) is 6.92 Å². The van der Waals surface area contributed by atoms with Crippen LogP contribution in [0.1, 0.15) is 37.3 Å². The topological polar surface area (TPSA) is 59.1 Å². The number of carbonyl (C=O) groups excluding carboxylic acids is 2. The molecule has 0 saturated carbocycles. The van der Waals surface area contributed by atoms with Crippen molar-refractivity contribution in [2.75, 3.05) is 39.4 Å². The molecule has 1 fully saturated rings. The van der Waals surface area contributed by atoms with Crippen LogP contribution in [0.3, 0.4) is 0 Å². The molecule has 2 aromatic rings. The van der Waals surface area contributed by atoms with Gasteiger partial charge in [-0.05, 0) is 49.4 Å². The maximum absolute atomic E-state index is 12.7. The van der Waals surface area contributed by atoms with Crippen LogP contribution < -0.4 is 9.47 Å². The van der Waals surface area contributed by atoms with Gasteiger partial charge in [0.1, 0.15) is 11.5 Å². The first kappa shape index (κ1) is 23.6. The third-order valence-electron chi connectivity index (χ3n) is 5.79. The highest BCUT2D eigenvalue weighted by Gasteiger charge is 2.22. The van der Waals surface area contributed by atoms with Crippen molar-refractivity contribution in [3.63, 3.8) is 0 Å². The molecule has 0 unspecified atom stereocenters. The lowest BCUT2D eigenvalue weighted by atomic mass is 10.1. The minimum Gasteiger partial charge on any atom is -0.493 e. The van der Waals surface area contributed by atoms with Gasteiger partial charge in [0.15, 0.2) is 6.61 Å². The lowest BCUT2D eigenvalue weighted by molar-refractivity contribution is -0.134. The first-order chi connectivity index (χ1) is 15.6. The van der Waals surface area contributed by atoms with E-state index in [0.29, 0.717) is 45.6 Å². The number of rotatable bonds is 9. The van der Waals surface area contributed by atoms with E-state index in [9.17, 15) is 9.59 Å². The van der Waals surface area contributed by atoms with Gasteiger partial charge < -0.3 is 19.3 Å². The first-order valence-electron chi connectivity index (χ1n) is 11.5. The molecule has 0 atom stereocenters. The minimum absolute atomic E-state index is 0.0290. The van der Waals surface area contributed by atoms with Crippen LogP contribution in [0.15, 0.2) is 48.5 Å². The van der Waals surface area contributed by atoms with Crippen LogP contribution in [0.4, 0.5) is 0 Å². The summed E-state index contributed by atoms with van der Waals surface area (Å²) in [5.74, 6) is 1.73. The van der Waals surface area contributed by atoms with Crippen LogP contribution in [0.5, 0.6) is 11.5 Å². The fourth-order valence-electron chi connectivity index (χ4n) is 3.87. The molecule has 2 aromatic carbocycles. The molecule has 0 aromatic heterocycles. The number of para-hydroxylation sites is 2. The fraction of sp³-hybridized carbons (Fsp3) is 0.462. The molecule has 0 aliphatic carbocycles. The zero-order chi connectivity index (χ0) is 22.8. The second-order valence-electron chi connectivity index (χ2n) is 8.08. The lowest BCUT2D eigenvalue weighted by Gasteiger charge is -2.22. The largest absolute Gasteiger partial charge is 0.493 e. The zero-order valence-electron chi connectivity index (χ0n) is 19.2. The normalized spacial score (nSPS) is 14.1. The van der Waals surface area contributed by atoms with E-state index in [4.69, 9.17) is 9.47 Å². The van der Waals surface area contributed by atoms with Crippen molar-refractivity contribution in [3.05, 3.63) is 59.7 Å². The molecule has 1 aliphatic heterocycles. The Morgan fingerprint density at radius 3 is 2.22 bits per heavy atom. The molecule has 6 heteroatoms. The summed E-state index contributed by atoms with van der Waals surface area (Å²) in [7, 11) is 0. The molecule has 0 N–H and O–H groups in total. The summed E-state index contributed by atoms with van der Waals surface area (Å²) in [6, 6.07) is 15.7. The maximum atomic E-state index is 12.7. The smallest absolute Gasteiger partial charge is 0.260 e. The highest BCUT2D eigenvalue weighted by atomic mass is 16.5. The SMILES string of the molecule is CCc1ccccc1OCC(=O)N1CCCN(C(=O)CCCOc2ccccc2C)CC1. The minimum atomic E-state index is -0.0307. The number of nitrogens with zero attached hydrogens (tertiary/aromatic N) is 2. The third kappa shape index (κ3) is 6.74. The molecular weight excluding hydrogens is 404 g/mol. The maximum Gasteiger partial charge on any atom is 0.260 e. The van der Waals surface area contributed by atoms with Crippen molar-refractivity contribution in [2.45, 2.75) is 39.5 Å². The van der Waals surface area contributed by atoms with Crippen LogP contribution in [-0.4, -0.2) is 61.0 Å². The van der Waals surface area contributed by atoms with Gasteiger partial charge in [-0.1, -0.05) is 43.3 Å². The van der Waals surface area contributed by atoms with E-state index in [0.717, 1.165) is 35.5 Å². The summed E-state index contributed by atoms with van der Waals surface area (Å²) in [5, 5.41) is 0. The Balaban J connectivity index is 1.39. The van der Waals surface area contributed by atoms with Crippen LogP contribution in [0, 0.1) is 6.92 Å². The van der Waals surface area contributed by atoms with Gasteiger partial charge in [-0.15, -0.1) is 0 Å². The monoisotopic (exact) mass is 438 g/mol. The predicted molar refractivity (Wildman–Crippen MR) is 125 cm³/mol. The van der Waals surface area contributed by atoms with Crippen molar-refractivity contribution < 1.29 is 19.1 Å². The Labute approximate surface area is 191 Å². The van der Waals surface area contributed by atoms with E-state index in [1.807, 2.05) is 65.3 Å². The summed E-state index contributed by atoms with van der Waals surface area (Å²) in [5.41, 5.74) is 2.19. The Hall–Kier alpha value is -3.02.